The predicted molar refractivity (Wildman–Crippen MR) is 82.5 cm³/mol. The SMILES string of the molecule is Cc1c(NC(=O)CC(O)c2ccccc2)cccc1[N+](=O)[O-]. The molecule has 6 nitrogen and oxygen atoms in total. The zero-order valence-electron chi connectivity index (χ0n) is 12.0. The van der Waals surface area contributed by atoms with Crippen LogP contribution in [-0.2, 0) is 4.79 Å². The molecule has 2 rings (SSSR count). The lowest BCUT2D eigenvalue weighted by Gasteiger charge is -2.12. The Morgan fingerprint density at radius 3 is 2.55 bits per heavy atom. The van der Waals surface area contributed by atoms with Gasteiger partial charge in [0.2, 0.25) is 5.91 Å². The molecule has 0 spiro atoms. The molecule has 0 fully saturated rings. The van der Waals surface area contributed by atoms with E-state index in [-0.39, 0.29) is 12.1 Å². The Bertz CT molecular complexity index is 686. The summed E-state index contributed by atoms with van der Waals surface area (Å²) in [4.78, 5) is 22.4. The third-order valence-electron chi connectivity index (χ3n) is 3.34. The van der Waals surface area contributed by atoms with E-state index >= 15 is 0 Å². The lowest BCUT2D eigenvalue weighted by atomic mass is 10.1. The zero-order valence-corrected chi connectivity index (χ0v) is 12.0. The highest BCUT2D eigenvalue weighted by molar-refractivity contribution is 5.92. The largest absolute Gasteiger partial charge is 0.388 e. The normalized spacial score (nSPS) is 11.7. The lowest BCUT2D eigenvalue weighted by molar-refractivity contribution is -0.385. The van der Waals surface area contributed by atoms with Gasteiger partial charge in [0.05, 0.1) is 28.7 Å². The van der Waals surface area contributed by atoms with Crippen LogP contribution in [0.15, 0.2) is 48.5 Å². The number of anilines is 1. The van der Waals surface area contributed by atoms with Gasteiger partial charge in [0.25, 0.3) is 5.69 Å². The van der Waals surface area contributed by atoms with Crippen molar-refractivity contribution in [2.24, 2.45) is 0 Å². The van der Waals surface area contributed by atoms with Crippen LogP contribution in [0.3, 0.4) is 0 Å². The summed E-state index contributed by atoms with van der Waals surface area (Å²) in [6.45, 7) is 1.57. The van der Waals surface area contributed by atoms with Crippen LogP contribution in [0.1, 0.15) is 23.7 Å². The van der Waals surface area contributed by atoms with Gasteiger partial charge >= 0.3 is 0 Å². The van der Waals surface area contributed by atoms with Crippen LogP contribution in [0.5, 0.6) is 0 Å². The summed E-state index contributed by atoms with van der Waals surface area (Å²) < 4.78 is 0. The van der Waals surface area contributed by atoms with Crippen LogP contribution in [0.4, 0.5) is 11.4 Å². The van der Waals surface area contributed by atoms with Crippen molar-refractivity contribution in [2.45, 2.75) is 19.4 Å². The molecular formula is C16H16N2O4. The Hall–Kier alpha value is -2.73. The van der Waals surface area contributed by atoms with Crippen LogP contribution in [0, 0.1) is 17.0 Å². The second kappa shape index (κ2) is 6.82. The maximum atomic E-state index is 12.0. The highest BCUT2D eigenvalue weighted by Gasteiger charge is 2.17. The number of nitrogens with one attached hydrogen (secondary N) is 1. The van der Waals surface area contributed by atoms with E-state index < -0.39 is 16.9 Å². The molecule has 22 heavy (non-hydrogen) atoms. The Balaban J connectivity index is 2.07. The molecule has 0 aliphatic carbocycles. The molecule has 2 aromatic rings. The van der Waals surface area contributed by atoms with Crippen LogP contribution >= 0.6 is 0 Å². The van der Waals surface area contributed by atoms with Gasteiger partial charge in [-0.1, -0.05) is 36.4 Å². The maximum absolute atomic E-state index is 12.0. The van der Waals surface area contributed by atoms with Crippen molar-refractivity contribution in [3.8, 4) is 0 Å². The third kappa shape index (κ3) is 3.67. The molecule has 2 aromatic carbocycles. The van der Waals surface area contributed by atoms with E-state index in [4.69, 9.17) is 0 Å². The Labute approximate surface area is 127 Å². The van der Waals surface area contributed by atoms with Crippen LogP contribution in [0.2, 0.25) is 0 Å². The molecule has 0 aliphatic rings. The number of nitrogens with zero attached hydrogens (tertiary/aromatic N) is 1. The number of hydrogen-bond acceptors (Lipinski definition) is 4. The van der Waals surface area contributed by atoms with E-state index in [0.717, 1.165) is 0 Å². The first kappa shape index (κ1) is 15.7. The summed E-state index contributed by atoms with van der Waals surface area (Å²) in [6.07, 6.45) is -1.04. The van der Waals surface area contributed by atoms with Crippen molar-refractivity contribution in [1.29, 1.82) is 0 Å². The maximum Gasteiger partial charge on any atom is 0.274 e. The molecule has 0 saturated heterocycles. The van der Waals surface area contributed by atoms with Crippen molar-refractivity contribution >= 4 is 17.3 Å². The molecule has 2 N–H and O–H groups in total. The first-order chi connectivity index (χ1) is 10.5. The van der Waals surface area contributed by atoms with Gasteiger partial charge in [0.1, 0.15) is 0 Å². The molecule has 0 saturated carbocycles. The van der Waals surface area contributed by atoms with Gasteiger partial charge in [0.15, 0.2) is 0 Å². The number of amides is 1. The van der Waals surface area contributed by atoms with E-state index in [0.29, 0.717) is 16.8 Å². The van der Waals surface area contributed by atoms with E-state index in [9.17, 15) is 20.0 Å². The van der Waals surface area contributed by atoms with Gasteiger partial charge in [-0.3, -0.25) is 14.9 Å². The number of carbonyl (C=O) groups is 1. The Morgan fingerprint density at radius 2 is 1.91 bits per heavy atom. The minimum atomic E-state index is -0.916. The first-order valence-electron chi connectivity index (χ1n) is 6.76. The summed E-state index contributed by atoms with van der Waals surface area (Å²) in [7, 11) is 0. The van der Waals surface area contributed by atoms with Gasteiger partial charge in [-0.25, -0.2) is 0 Å². The first-order valence-corrected chi connectivity index (χ1v) is 6.76. The molecule has 0 radical (unpaired) electrons. The van der Waals surface area contributed by atoms with Gasteiger partial charge in [0, 0.05) is 6.07 Å². The summed E-state index contributed by atoms with van der Waals surface area (Å²) >= 11 is 0. The van der Waals surface area contributed by atoms with Crippen molar-refractivity contribution in [1.82, 2.24) is 0 Å². The van der Waals surface area contributed by atoms with E-state index in [1.54, 1.807) is 37.3 Å². The minimum Gasteiger partial charge on any atom is -0.388 e. The monoisotopic (exact) mass is 300 g/mol. The molecule has 1 unspecified atom stereocenters. The van der Waals surface area contributed by atoms with E-state index in [1.807, 2.05) is 6.07 Å². The second-order valence-electron chi connectivity index (χ2n) is 4.89. The Morgan fingerprint density at radius 1 is 1.23 bits per heavy atom. The molecule has 1 atom stereocenters. The number of nitro groups is 1. The van der Waals surface area contributed by atoms with Gasteiger partial charge < -0.3 is 10.4 Å². The number of rotatable bonds is 5. The molecule has 0 aromatic heterocycles. The number of carbonyl (C=O) groups excluding carboxylic acids is 1. The fourth-order valence-electron chi connectivity index (χ4n) is 2.13. The minimum absolute atomic E-state index is 0.0543. The number of aliphatic hydroxyl groups is 1. The van der Waals surface area contributed by atoms with Crippen LogP contribution < -0.4 is 5.32 Å². The molecular weight excluding hydrogens is 284 g/mol. The number of hydrogen-bond donors (Lipinski definition) is 2. The fraction of sp³-hybridized carbons (Fsp3) is 0.188. The molecule has 114 valence electrons. The van der Waals surface area contributed by atoms with Crippen LogP contribution in [0.25, 0.3) is 0 Å². The van der Waals surface area contributed by atoms with Crippen molar-refractivity contribution in [3.05, 3.63) is 69.8 Å². The average molecular weight is 300 g/mol. The molecule has 6 heteroatoms. The quantitative estimate of drug-likeness (QED) is 0.656. The topological polar surface area (TPSA) is 92.5 Å². The van der Waals surface area contributed by atoms with Crippen molar-refractivity contribution < 1.29 is 14.8 Å². The molecule has 1 amide bonds. The standard InChI is InChI=1S/C16H16N2O4/c1-11-13(8-5-9-14(11)18(21)22)17-16(20)10-15(19)12-6-3-2-4-7-12/h2-9,15,19H,10H2,1H3,(H,17,20). The second-order valence-corrected chi connectivity index (χ2v) is 4.89. The summed E-state index contributed by atoms with van der Waals surface area (Å²) in [5.74, 6) is -0.403. The number of nitro benzene ring substituents is 1. The fourth-order valence-corrected chi connectivity index (χ4v) is 2.13. The van der Waals surface area contributed by atoms with Gasteiger partial charge in [-0.05, 0) is 18.6 Å². The smallest absolute Gasteiger partial charge is 0.274 e. The summed E-state index contributed by atoms with van der Waals surface area (Å²) in [5, 5.41) is 23.5. The van der Waals surface area contributed by atoms with Crippen molar-refractivity contribution in [3.63, 3.8) is 0 Å². The molecule has 0 bridgehead atoms. The Kier molecular flexibility index (Phi) is 4.85. The van der Waals surface area contributed by atoms with Gasteiger partial charge in [-0.2, -0.15) is 0 Å². The van der Waals surface area contributed by atoms with E-state index in [2.05, 4.69) is 5.32 Å². The molecule has 0 heterocycles. The molecule has 0 aliphatic heterocycles. The van der Waals surface area contributed by atoms with E-state index in [1.165, 1.54) is 12.1 Å². The van der Waals surface area contributed by atoms with Crippen molar-refractivity contribution in [2.75, 3.05) is 5.32 Å². The highest BCUT2D eigenvalue weighted by Crippen LogP contribution is 2.25. The van der Waals surface area contributed by atoms with Gasteiger partial charge in [-0.15, -0.1) is 0 Å². The number of aliphatic hydroxyl groups excluding tert-OH is 1. The average Bonchev–Trinajstić information content (AvgIpc) is 2.50. The highest BCUT2D eigenvalue weighted by atomic mass is 16.6. The summed E-state index contributed by atoms with van der Waals surface area (Å²) in [6, 6.07) is 13.3. The predicted octanol–water partition coefficient (Wildman–Crippen LogP) is 2.97. The lowest BCUT2D eigenvalue weighted by Crippen LogP contribution is -2.16. The summed E-state index contributed by atoms with van der Waals surface area (Å²) in [5.41, 5.74) is 1.35. The third-order valence-corrected chi connectivity index (χ3v) is 3.34. The zero-order chi connectivity index (χ0) is 16.1. The number of benzene rings is 2. The van der Waals surface area contributed by atoms with Crippen LogP contribution in [-0.4, -0.2) is 15.9 Å².